The molecule has 0 radical (unpaired) electrons. The first kappa shape index (κ1) is 13.8. The Balaban J connectivity index is 2.52. The summed E-state index contributed by atoms with van der Waals surface area (Å²) in [7, 11) is 1.57. The number of aryl methyl sites for hydroxylation is 1. The lowest BCUT2D eigenvalue weighted by molar-refractivity contribution is 0.103. The first-order valence-corrected chi connectivity index (χ1v) is 7.63. The molecule has 0 unspecified atom stereocenters. The van der Waals surface area contributed by atoms with Gasteiger partial charge in [-0.2, -0.15) is 0 Å². The third kappa shape index (κ3) is 2.53. The zero-order valence-corrected chi connectivity index (χ0v) is 13.8. The topological polar surface area (TPSA) is 26.3 Å². The van der Waals surface area contributed by atoms with Crippen LogP contribution in [0, 0.1) is 6.92 Å². The summed E-state index contributed by atoms with van der Waals surface area (Å²) >= 11 is 8.21. The summed E-state index contributed by atoms with van der Waals surface area (Å²) in [5.41, 5.74) is 1.62. The Morgan fingerprint density at radius 1 is 1.33 bits per heavy atom. The molecule has 0 aliphatic heterocycles. The van der Waals surface area contributed by atoms with Gasteiger partial charge in [-0.15, -0.1) is 11.3 Å². The molecule has 0 atom stereocenters. The SMILES string of the molecule is COc1ccc(C)cc1C(=O)c1scc(Br)c1Br. The van der Waals surface area contributed by atoms with Crippen molar-refractivity contribution in [3.05, 3.63) is 48.5 Å². The van der Waals surface area contributed by atoms with E-state index in [1.807, 2.05) is 30.5 Å². The van der Waals surface area contributed by atoms with E-state index < -0.39 is 0 Å². The van der Waals surface area contributed by atoms with E-state index in [0.29, 0.717) is 16.2 Å². The molecule has 0 aliphatic carbocycles. The maximum absolute atomic E-state index is 12.5. The Kier molecular flexibility index (Phi) is 4.25. The smallest absolute Gasteiger partial charge is 0.207 e. The van der Waals surface area contributed by atoms with Crippen LogP contribution >= 0.6 is 43.2 Å². The molecule has 94 valence electrons. The number of halogens is 2. The largest absolute Gasteiger partial charge is 0.496 e. The van der Waals surface area contributed by atoms with E-state index in [2.05, 4.69) is 31.9 Å². The van der Waals surface area contributed by atoms with Crippen molar-refractivity contribution in [3.63, 3.8) is 0 Å². The number of ketones is 1. The van der Waals surface area contributed by atoms with Crippen LogP contribution in [-0.2, 0) is 0 Å². The van der Waals surface area contributed by atoms with Gasteiger partial charge in [-0.25, -0.2) is 0 Å². The van der Waals surface area contributed by atoms with Crippen LogP contribution in [0.1, 0.15) is 20.8 Å². The summed E-state index contributed by atoms with van der Waals surface area (Å²) in [5, 5.41) is 1.89. The first-order chi connectivity index (χ1) is 8.54. The maximum atomic E-state index is 12.5. The van der Waals surface area contributed by atoms with Gasteiger partial charge in [0.25, 0.3) is 0 Å². The molecule has 1 aromatic heterocycles. The summed E-state index contributed by atoms with van der Waals surface area (Å²) < 4.78 is 6.93. The summed E-state index contributed by atoms with van der Waals surface area (Å²) in [6.45, 7) is 1.95. The van der Waals surface area contributed by atoms with Crippen LogP contribution < -0.4 is 4.74 Å². The van der Waals surface area contributed by atoms with Gasteiger partial charge >= 0.3 is 0 Å². The van der Waals surface area contributed by atoms with Crippen LogP contribution in [0.4, 0.5) is 0 Å². The van der Waals surface area contributed by atoms with Crippen molar-refractivity contribution < 1.29 is 9.53 Å². The second-order valence-corrected chi connectivity index (χ2v) is 6.29. The number of thiophene rings is 1. The number of ether oxygens (including phenoxy) is 1. The molecule has 0 fully saturated rings. The van der Waals surface area contributed by atoms with Gasteiger partial charge in [0.2, 0.25) is 5.78 Å². The van der Waals surface area contributed by atoms with E-state index in [4.69, 9.17) is 4.74 Å². The summed E-state index contributed by atoms with van der Waals surface area (Å²) in [5.74, 6) is 0.570. The molecule has 18 heavy (non-hydrogen) atoms. The molecule has 1 aromatic carbocycles. The molecular weight excluding hydrogens is 380 g/mol. The highest BCUT2D eigenvalue weighted by Crippen LogP contribution is 2.35. The standard InChI is InChI=1S/C13H10Br2O2S/c1-7-3-4-10(17-2)8(5-7)12(16)13-11(15)9(14)6-18-13/h3-6H,1-2H3. The summed E-state index contributed by atoms with van der Waals surface area (Å²) in [6, 6.07) is 5.59. The minimum Gasteiger partial charge on any atom is -0.496 e. The molecule has 5 heteroatoms. The van der Waals surface area contributed by atoms with Gasteiger partial charge in [0.05, 0.1) is 22.0 Å². The average molecular weight is 390 g/mol. The number of rotatable bonds is 3. The Morgan fingerprint density at radius 3 is 2.61 bits per heavy atom. The summed E-state index contributed by atoms with van der Waals surface area (Å²) in [4.78, 5) is 13.2. The fraction of sp³-hybridized carbons (Fsp3) is 0.154. The lowest BCUT2D eigenvalue weighted by Crippen LogP contribution is -2.03. The van der Waals surface area contributed by atoms with Crippen LogP contribution in [0.5, 0.6) is 5.75 Å². The number of hydrogen-bond donors (Lipinski definition) is 0. The van der Waals surface area contributed by atoms with Crippen molar-refractivity contribution in [1.82, 2.24) is 0 Å². The Hall–Kier alpha value is -0.650. The number of carbonyl (C=O) groups is 1. The number of methoxy groups -OCH3 is 1. The third-order valence-electron chi connectivity index (χ3n) is 2.50. The molecule has 0 amide bonds. The molecule has 0 spiro atoms. The molecule has 2 nitrogen and oxygen atoms in total. The van der Waals surface area contributed by atoms with Gasteiger partial charge in [-0.05, 0) is 50.9 Å². The highest BCUT2D eigenvalue weighted by Gasteiger charge is 2.20. The van der Waals surface area contributed by atoms with E-state index >= 15 is 0 Å². The van der Waals surface area contributed by atoms with E-state index in [-0.39, 0.29) is 5.78 Å². The Bertz CT molecular complexity index is 605. The van der Waals surface area contributed by atoms with E-state index in [1.165, 1.54) is 11.3 Å². The second-order valence-electron chi connectivity index (χ2n) is 3.76. The van der Waals surface area contributed by atoms with Gasteiger partial charge in [0.1, 0.15) is 5.75 Å². The lowest BCUT2D eigenvalue weighted by atomic mass is 10.1. The monoisotopic (exact) mass is 388 g/mol. The normalized spacial score (nSPS) is 10.4. The van der Waals surface area contributed by atoms with Crippen LogP contribution in [0.3, 0.4) is 0 Å². The molecule has 0 saturated carbocycles. The molecule has 1 heterocycles. The fourth-order valence-electron chi connectivity index (χ4n) is 1.60. The minimum absolute atomic E-state index is 0.0295. The predicted octanol–water partition coefficient (Wildman–Crippen LogP) is 4.82. The van der Waals surface area contributed by atoms with Crippen molar-refractivity contribution in [1.29, 1.82) is 0 Å². The Morgan fingerprint density at radius 2 is 2.06 bits per heavy atom. The Labute approximate surface area is 126 Å². The van der Waals surface area contributed by atoms with Gasteiger partial charge in [-0.3, -0.25) is 4.79 Å². The van der Waals surface area contributed by atoms with E-state index in [0.717, 1.165) is 14.5 Å². The highest BCUT2D eigenvalue weighted by molar-refractivity contribution is 9.13. The van der Waals surface area contributed by atoms with Crippen molar-refractivity contribution in [2.45, 2.75) is 6.92 Å². The van der Waals surface area contributed by atoms with Gasteiger partial charge in [-0.1, -0.05) is 11.6 Å². The summed E-state index contributed by atoms with van der Waals surface area (Å²) in [6.07, 6.45) is 0. The number of benzene rings is 1. The molecule has 2 aromatic rings. The third-order valence-corrected chi connectivity index (χ3v) is 6.02. The van der Waals surface area contributed by atoms with Gasteiger partial charge in [0.15, 0.2) is 0 Å². The zero-order chi connectivity index (χ0) is 13.3. The lowest BCUT2D eigenvalue weighted by Gasteiger charge is -2.08. The van der Waals surface area contributed by atoms with E-state index in [1.54, 1.807) is 7.11 Å². The van der Waals surface area contributed by atoms with Crippen molar-refractivity contribution in [2.24, 2.45) is 0 Å². The van der Waals surface area contributed by atoms with E-state index in [9.17, 15) is 4.79 Å². The molecule has 0 aliphatic rings. The maximum Gasteiger partial charge on any atom is 0.207 e. The first-order valence-electron chi connectivity index (χ1n) is 5.16. The molecule has 0 N–H and O–H groups in total. The minimum atomic E-state index is -0.0295. The fourth-order valence-corrected chi connectivity index (χ4v) is 3.70. The molecular formula is C13H10Br2O2S. The highest BCUT2D eigenvalue weighted by atomic mass is 79.9. The van der Waals surface area contributed by atoms with Crippen LogP contribution in [-0.4, -0.2) is 12.9 Å². The molecule has 0 bridgehead atoms. The zero-order valence-electron chi connectivity index (χ0n) is 9.79. The van der Waals surface area contributed by atoms with Gasteiger partial charge in [0, 0.05) is 9.85 Å². The van der Waals surface area contributed by atoms with Gasteiger partial charge < -0.3 is 4.74 Å². The van der Waals surface area contributed by atoms with Crippen LogP contribution in [0.15, 0.2) is 32.5 Å². The quantitative estimate of drug-likeness (QED) is 0.703. The average Bonchev–Trinajstić information content (AvgIpc) is 2.69. The van der Waals surface area contributed by atoms with Crippen molar-refractivity contribution >= 4 is 49.0 Å². The van der Waals surface area contributed by atoms with Crippen LogP contribution in [0.2, 0.25) is 0 Å². The number of carbonyl (C=O) groups excluding carboxylic acids is 1. The predicted molar refractivity (Wildman–Crippen MR) is 80.9 cm³/mol. The second kappa shape index (κ2) is 5.55. The van der Waals surface area contributed by atoms with Crippen molar-refractivity contribution in [3.8, 4) is 5.75 Å². The van der Waals surface area contributed by atoms with Crippen molar-refractivity contribution in [2.75, 3.05) is 7.11 Å². The molecule has 2 rings (SSSR count). The molecule has 0 saturated heterocycles. The van der Waals surface area contributed by atoms with Crippen LogP contribution in [0.25, 0.3) is 0 Å². The number of hydrogen-bond acceptors (Lipinski definition) is 3.